The first-order valence-electron chi connectivity index (χ1n) is 14.4. The zero-order valence-electron chi connectivity index (χ0n) is 24.4. The fourth-order valence-corrected chi connectivity index (χ4v) is 6.58. The van der Waals surface area contributed by atoms with Crippen LogP contribution in [0.2, 0.25) is 0 Å². The van der Waals surface area contributed by atoms with Gasteiger partial charge in [0.05, 0.1) is 41.7 Å². The summed E-state index contributed by atoms with van der Waals surface area (Å²) < 4.78 is 23.9. The summed E-state index contributed by atoms with van der Waals surface area (Å²) in [6.07, 6.45) is 0.696. The molecule has 1 aromatic heterocycles. The van der Waals surface area contributed by atoms with Gasteiger partial charge in [0.25, 0.3) is 5.78 Å². The summed E-state index contributed by atoms with van der Waals surface area (Å²) in [4.78, 5) is 33.7. The number of ketones is 1. The molecular weight excluding hydrogens is 568 g/mol. The van der Waals surface area contributed by atoms with E-state index in [0.717, 1.165) is 16.0 Å². The molecule has 0 saturated carbocycles. The average Bonchev–Trinajstić information content (AvgIpc) is 3.66. The molecule has 1 saturated heterocycles. The number of carbonyl (C=O) groups excluding carboxylic acids is 2. The van der Waals surface area contributed by atoms with Crippen LogP contribution in [0.15, 0.2) is 60.2 Å². The first kappa shape index (κ1) is 28.5. The van der Waals surface area contributed by atoms with Crippen molar-refractivity contribution in [2.75, 3.05) is 24.7 Å². The molecule has 1 N–H and O–H groups in total. The van der Waals surface area contributed by atoms with Crippen LogP contribution in [0.4, 0.5) is 5.13 Å². The quantitative estimate of drug-likeness (QED) is 0.133. The third-order valence-corrected chi connectivity index (χ3v) is 8.38. The molecule has 3 aromatic carbocycles. The molecule has 1 amide bonds. The maximum Gasteiger partial charge on any atom is 0.301 e. The molecule has 9 nitrogen and oxygen atoms in total. The van der Waals surface area contributed by atoms with Gasteiger partial charge in [-0.3, -0.25) is 14.5 Å². The van der Waals surface area contributed by atoms with Crippen LogP contribution in [0.1, 0.15) is 50.4 Å². The number of hydrogen-bond donors (Lipinski definition) is 1. The summed E-state index contributed by atoms with van der Waals surface area (Å²) in [5.41, 5.74) is 2.57. The fourth-order valence-electron chi connectivity index (χ4n) is 5.56. The van der Waals surface area contributed by atoms with Crippen LogP contribution in [0, 0.1) is 0 Å². The van der Waals surface area contributed by atoms with Gasteiger partial charge < -0.3 is 24.1 Å². The van der Waals surface area contributed by atoms with Gasteiger partial charge in [0.2, 0.25) is 0 Å². The van der Waals surface area contributed by atoms with Gasteiger partial charge in [0.1, 0.15) is 23.4 Å². The molecule has 1 fully saturated rings. The van der Waals surface area contributed by atoms with E-state index in [2.05, 4.69) is 0 Å². The molecule has 222 valence electrons. The van der Waals surface area contributed by atoms with Crippen molar-refractivity contribution in [3.05, 3.63) is 76.9 Å². The predicted octanol–water partition coefficient (Wildman–Crippen LogP) is 6.44. The molecule has 10 heteroatoms. The van der Waals surface area contributed by atoms with Crippen molar-refractivity contribution >= 4 is 44.1 Å². The molecule has 0 bridgehead atoms. The van der Waals surface area contributed by atoms with Crippen molar-refractivity contribution in [3.8, 4) is 23.0 Å². The smallest absolute Gasteiger partial charge is 0.301 e. The number of carbonyl (C=O) groups is 2. The minimum atomic E-state index is -0.967. The third kappa shape index (κ3) is 5.16. The standard InChI is InChI=1S/C33H32N2O7S/c1-5-39-22-10-11-23-27(17-22)43-33(34-23)35-29(19-8-13-25(40-6-2)26(16-19)41-7-3)28(31(37)32(35)38)30(36)20-9-12-24-21(15-20)14-18(4)42-24/h8-13,15-18,29,36H,5-7,14H2,1-4H3. The fraction of sp³-hybridized carbons (Fsp3) is 0.303. The summed E-state index contributed by atoms with van der Waals surface area (Å²) in [6.45, 7) is 8.97. The number of fused-ring (bicyclic) bond motifs is 2. The number of aliphatic hydroxyl groups excluding tert-OH is 1. The molecule has 2 unspecified atom stereocenters. The zero-order chi connectivity index (χ0) is 30.2. The number of thiazole rings is 1. The Balaban J connectivity index is 1.53. The Morgan fingerprint density at radius 3 is 2.51 bits per heavy atom. The number of aliphatic hydroxyl groups is 1. The Labute approximate surface area is 253 Å². The summed E-state index contributed by atoms with van der Waals surface area (Å²) in [5.74, 6) is 0.610. The molecule has 2 aliphatic rings. The average molecular weight is 601 g/mol. The van der Waals surface area contributed by atoms with Crippen molar-refractivity contribution in [1.29, 1.82) is 0 Å². The van der Waals surface area contributed by atoms with Gasteiger partial charge in [-0.25, -0.2) is 4.98 Å². The third-order valence-electron chi connectivity index (χ3n) is 7.36. The summed E-state index contributed by atoms with van der Waals surface area (Å²) in [6, 6.07) is 15.1. The van der Waals surface area contributed by atoms with Gasteiger partial charge in [-0.2, -0.15) is 0 Å². The Kier molecular flexibility index (Phi) is 7.70. The van der Waals surface area contributed by atoms with E-state index in [1.165, 1.54) is 16.2 Å². The lowest BCUT2D eigenvalue weighted by atomic mass is 9.94. The number of nitrogens with zero attached hydrogens (tertiary/aromatic N) is 2. The van der Waals surface area contributed by atoms with E-state index in [1.807, 2.05) is 52.0 Å². The van der Waals surface area contributed by atoms with E-state index in [4.69, 9.17) is 23.9 Å². The molecule has 43 heavy (non-hydrogen) atoms. The number of Topliss-reactive ketones (excluding diaryl/α,β-unsaturated/α-hetero) is 1. The molecular formula is C33H32N2O7S. The normalized spacial score (nSPS) is 19.0. The number of ether oxygens (including phenoxy) is 4. The second kappa shape index (κ2) is 11.6. The van der Waals surface area contributed by atoms with Gasteiger partial charge >= 0.3 is 5.91 Å². The molecule has 3 heterocycles. The van der Waals surface area contributed by atoms with Crippen LogP contribution < -0.4 is 23.8 Å². The van der Waals surface area contributed by atoms with Gasteiger partial charge in [0.15, 0.2) is 16.6 Å². The van der Waals surface area contributed by atoms with Crippen molar-refractivity contribution in [2.45, 2.75) is 46.3 Å². The second-order valence-electron chi connectivity index (χ2n) is 10.3. The maximum absolute atomic E-state index is 13.8. The molecule has 2 atom stereocenters. The number of aromatic nitrogens is 1. The van der Waals surface area contributed by atoms with Crippen LogP contribution in [-0.4, -0.2) is 47.7 Å². The highest BCUT2D eigenvalue weighted by molar-refractivity contribution is 7.22. The highest BCUT2D eigenvalue weighted by Gasteiger charge is 2.48. The van der Waals surface area contributed by atoms with Gasteiger partial charge in [0, 0.05) is 12.0 Å². The number of hydrogen-bond acceptors (Lipinski definition) is 9. The van der Waals surface area contributed by atoms with Crippen molar-refractivity contribution in [1.82, 2.24) is 4.98 Å². The molecule has 0 spiro atoms. The highest BCUT2D eigenvalue weighted by Crippen LogP contribution is 2.46. The predicted molar refractivity (Wildman–Crippen MR) is 165 cm³/mol. The Hall–Kier alpha value is -4.57. The monoisotopic (exact) mass is 600 g/mol. The summed E-state index contributed by atoms with van der Waals surface area (Å²) in [7, 11) is 0. The van der Waals surface area contributed by atoms with Crippen LogP contribution >= 0.6 is 11.3 Å². The largest absolute Gasteiger partial charge is 0.507 e. The number of rotatable bonds is 9. The lowest BCUT2D eigenvalue weighted by Gasteiger charge is -2.24. The van der Waals surface area contributed by atoms with E-state index in [9.17, 15) is 14.7 Å². The molecule has 2 aliphatic heterocycles. The highest BCUT2D eigenvalue weighted by atomic mass is 32.1. The van der Waals surface area contributed by atoms with E-state index < -0.39 is 17.7 Å². The lowest BCUT2D eigenvalue weighted by molar-refractivity contribution is -0.132. The summed E-state index contributed by atoms with van der Waals surface area (Å²) >= 11 is 1.28. The van der Waals surface area contributed by atoms with Gasteiger partial charge in [-0.05, 0) is 87.4 Å². The lowest BCUT2D eigenvalue weighted by Crippen LogP contribution is -2.29. The van der Waals surface area contributed by atoms with E-state index in [-0.39, 0.29) is 17.4 Å². The van der Waals surface area contributed by atoms with Gasteiger partial charge in [-0.15, -0.1) is 0 Å². The Morgan fingerprint density at radius 2 is 1.74 bits per heavy atom. The minimum absolute atomic E-state index is 0.0149. The van der Waals surface area contributed by atoms with Crippen LogP contribution in [0.5, 0.6) is 23.0 Å². The van der Waals surface area contributed by atoms with Gasteiger partial charge in [-0.1, -0.05) is 17.4 Å². The van der Waals surface area contributed by atoms with E-state index >= 15 is 0 Å². The van der Waals surface area contributed by atoms with E-state index in [0.29, 0.717) is 65.3 Å². The molecule has 0 radical (unpaired) electrons. The first-order chi connectivity index (χ1) is 20.8. The Bertz CT molecular complexity index is 1760. The zero-order valence-corrected chi connectivity index (χ0v) is 25.2. The topological polar surface area (TPSA) is 107 Å². The van der Waals surface area contributed by atoms with Crippen molar-refractivity contribution in [3.63, 3.8) is 0 Å². The van der Waals surface area contributed by atoms with E-state index in [1.54, 1.807) is 30.3 Å². The number of benzene rings is 3. The summed E-state index contributed by atoms with van der Waals surface area (Å²) in [5, 5.41) is 12.0. The van der Waals surface area contributed by atoms with Crippen molar-refractivity contribution in [2.24, 2.45) is 0 Å². The molecule has 4 aromatic rings. The van der Waals surface area contributed by atoms with Crippen LogP contribution in [-0.2, 0) is 16.0 Å². The van der Waals surface area contributed by atoms with Crippen molar-refractivity contribution < 1.29 is 33.6 Å². The number of amides is 1. The minimum Gasteiger partial charge on any atom is -0.507 e. The maximum atomic E-state index is 13.8. The molecule has 6 rings (SSSR count). The second-order valence-corrected chi connectivity index (χ2v) is 11.3. The first-order valence-corrected chi connectivity index (χ1v) is 15.2. The SMILES string of the molecule is CCOc1ccc2nc(N3C(=O)C(=O)C(=C(O)c4ccc5c(c4)CC(C)O5)C3c3ccc(OCC)c(OCC)c3)sc2c1. The van der Waals surface area contributed by atoms with Crippen LogP contribution in [0.25, 0.3) is 16.0 Å². The van der Waals surface area contributed by atoms with Crippen LogP contribution in [0.3, 0.4) is 0 Å². The molecule has 0 aliphatic carbocycles. The Morgan fingerprint density at radius 1 is 0.977 bits per heavy atom. The number of anilines is 1.